The Kier molecular flexibility index (Phi) is 10.1. The fraction of sp³-hybridized carbons (Fsp3) is 0.579. The number of hydrogen-bond donors (Lipinski definition) is 1. The van der Waals surface area contributed by atoms with Gasteiger partial charge in [0.2, 0.25) is 12.5 Å². The van der Waals surface area contributed by atoms with Gasteiger partial charge >= 0.3 is 5.91 Å². The highest BCUT2D eigenvalue weighted by atomic mass is 16.2. The summed E-state index contributed by atoms with van der Waals surface area (Å²) in [6, 6.07) is 5.62. The molecule has 0 aliphatic rings. The van der Waals surface area contributed by atoms with Crippen LogP contribution in [0.15, 0.2) is 35.7 Å². The first-order valence-electron chi connectivity index (χ1n) is 9.10. The van der Waals surface area contributed by atoms with Crippen LogP contribution in [-0.4, -0.2) is 35.5 Å². The maximum Gasteiger partial charge on any atom is 0.305 e. The number of nitrogens with one attached hydrogen (secondary N) is 1. The van der Waals surface area contributed by atoms with E-state index in [9.17, 15) is 9.59 Å². The first-order chi connectivity index (χ1) is 12.1. The fourth-order valence-corrected chi connectivity index (χ4v) is 2.33. The van der Waals surface area contributed by atoms with Gasteiger partial charge in [-0.1, -0.05) is 32.8 Å². The van der Waals surface area contributed by atoms with Crippen molar-refractivity contribution in [2.75, 3.05) is 13.1 Å². The van der Waals surface area contributed by atoms with E-state index in [0.29, 0.717) is 5.71 Å². The number of carbonyl (C=O) groups excluding carboxylic acids is 2. The van der Waals surface area contributed by atoms with Gasteiger partial charge in [0.15, 0.2) is 12.4 Å². The van der Waals surface area contributed by atoms with Crippen molar-refractivity contribution in [3.8, 4) is 0 Å². The predicted molar refractivity (Wildman–Crippen MR) is 98.9 cm³/mol. The van der Waals surface area contributed by atoms with Gasteiger partial charge in [0.1, 0.15) is 0 Å². The minimum Gasteiger partial charge on any atom is -0.342 e. The summed E-state index contributed by atoms with van der Waals surface area (Å²) in [5, 5.41) is 4.06. The monoisotopic (exact) mass is 347 g/mol. The number of rotatable bonds is 11. The SMILES string of the molecule is CCCCN(CCCC)C(=O)C/C(C)=N/NC(=O)C[n+]1ccccc1. The number of carbonyl (C=O) groups is 2. The van der Waals surface area contributed by atoms with Gasteiger partial charge < -0.3 is 4.90 Å². The van der Waals surface area contributed by atoms with E-state index in [1.807, 2.05) is 35.5 Å². The van der Waals surface area contributed by atoms with Crippen LogP contribution in [0.4, 0.5) is 0 Å². The molecule has 1 heterocycles. The Morgan fingerprint density at radius 1 is 1.04 bits per heavy atom. The lowest BCUT2D eigenvalue weighted by Gasteiger charge is -2.22. The smallest absolute Gasteiger partial charge is 0.305 e. The van der Waals surface area contributed by atoms with Crippen molar-refractivity contribution in [2.24, 2.45) is 5.10 Å². The predicted octanol–water partition coefficient (Wildman–Crippen LogP) is 2.29. The lowest BCUT2D eigenvalue weighted by molar-refractivity contribution is -0.684. The highest BCUT2D eigenvalue weighted by molar-refractivity contribution is 6.00. The van der Waals surface area contributed by atoms with E-state index in [4.69, 9.17) is 0 Å². The zero-order valence-corrected chi connectivity index (χ0v) is 15.7. The van der Waals surface area contributed by atoms with Crippen LogP contribution in [0.25, 0.3) is 0 Å². The van der Waals surface area contributed by atoms with Gasteiger partial charge in [-0.05, 0) is 19.8 Å². The third-order valence-corrected chi connectivity index (χ3v) is 3.80. The molecule has 0 bridgehead atoms. The van der Waals surface area contributed by atoms with E-state index in [0.717, 1.165) is 38.8 Å². The second kappa shape index (κ2) is 12.2. The van der Waals surface area contributed by atoms with E-state index in [1.54, 1.807) is 11.5 Å². The Morgan fingerprint density at radius 3 is 2.20 bits per heavy atom. The standard InChI is InChI=1S/C19H30N4O2/c1-4-6-13-23(14-7-5-2)19(25)15-17(3)20-21-18(24)16-22-11-9-8-10-12-22/h8-12H,4-7,13-16H2,1-3H3/p+1/b20-17+. The maximum absolute atomic E-state index is 12.4. The van der Waals surface area contributed by atoms with Crippen molar-refractivity contribution in [3.05, 3.63) is 30.6 Å². The molecule has 0 fully saturated rings. The molecule has 0 saturated heterocycles. The molecule has 25 heavy (non-hydrogen) atoms. The van der Waals surface area contributed by atoms with E-state index in [-0.39, 0.29) is 24.8 Å². The molecule has 0 spiro atoms. The zero-order valence-electron chi connectivity index (χ0n) is 15.7. The number of hydrogen-bond acceptors (Lipinski definition) is 3. The second-order valence-electron chi connectivity index (χ2n) is 6.19. The van der Waals surface area contributed by atoms with Crippen molar-refractivity contribution in [2.45, 2.75) is 59.4 Å². The maximum atomic E-state index is 12.4. The molecular weight excluding hydrogens is 316 g/mol. The van der Waals surface area contributed by atoms with Crippen LogP contribution in [0.1, 0.15) is 52.9 Å². The molecule has 0 aliphatic carbocycles. The summed E-state index contributed by atoms with van der Waals surface area (Å²) in [5.41, 5.74) is 3.14. The van der Waals surface area contributed by atoms with E-state index in [1.165, 1.54) is 0 Å². The van der Waals surface area contributed by atoms with E-state index in [2.05, 4.69) is 24.4 Å². The summed E-state index contributed by atoms with van der Waals surface area (Å²) >= 11 is 0. The molecular formula is C19H31N4O2+. The zero-order chi connectivity index (χ0) is 18.5. The van der Waals surface area contributed by atoms with E-state index < -0.39 is 0 Å². The van der Waals surface area contributed by atoms with Crippen LogP contribution in [0, 0.1) is 0 Å². The number of amides is 2. The van der Waals surface area contributed by atoms with E-state index >= 15 is 0 Å². The first kappa shape index (κ1) is 20.8. The summed E-state index contributed by atoms with van der Waals surface area (Å²) < 4.78 is 1.77. The summed E-state index contributed by atoms with van der Waals surface area (Å²) in [6.45, 7) is 7.79. The molecule has 0 aromatic carbocycles. The average Bonchev–Trinajstić information content (AvgIpc) is 2.61. The number of hydrazone groups is 1. The van der Waals surface area contributed by atoms with Crippen molar-refractivity contribution >= 4 is 17.5 Å². The minimum atomic E-state index is -0.211. The van der Waals surface area contributed by atoms with Crippen LogP contribution in [0.5, 0.6) is 0 Å². The molecule has 2 amide bonds. The molecule has 0 aliphatic heterocycles. The van der Waals surface area contributed by atoms with Gasteiger partial charge in [-0.15, -0.1) is 0 Å². The Bertz CT molecular complexity index is 550. The molecule has 138 valence electrons. The molecule has 1 N–H and O–H groups in total. The number of unbranched alkanes of at least 4 members (excludes halogenated alkanes) is 2. The number of nitrogens with zero attached hydrogens (tertiary/aromatic N) is 3. The van der Waals surface area contributed by atoms with Gasteiger partial charge in [0.25, 0.3) is 0 Å². The fourth-order valence-electron chi connectivity index (χ4n) is 2.33. The first-order valence-corrected chi connectivity index (χ1v) is 9.10. The molecule has 1 rings (SSSR count). The molecule has 6 nitrogen and oxygen atoms in total. The van der Waals surface area contributed by atoms with Gasteiger partial charge in [-0.2, -0.15) is 9.67 Å². The highest BCUT2D eigenvalue weighted by Crippen LogP contribution is 2.03. The molecule has 1 aromatic rings. The van der Waals surface area contributed by atoms with Crippen LogP contribution in [0.3, 0.4) is 0 Å². The van der Waals surface area contributed by atoms with Crippen molar-refractivity contribution in [1.29, 1.82) is 0 Å². The Hall–Kier alpha value is -2.24. The average molecular weight is 347 g/mol. The number of pyridine rings is 1. The third kappa shape index (κ3) is 8.98. The molecule has 0 saturated carbocycles. The normalized spacial score (nSPS) is 11.2. The topological polar surface area (TPSA) is 65.7 Å². The van der Waals surface area contributed by atoms with Crippen LogP contribution in [0.2, 0.25) is 0 Å². The molecule has 0 atom stereocenters. The summed E-state index contributed by atoms with van der Waals surface area (Å²) in [5.74, 6) is -0.133. The molecule has 0 unspecified atom stereocenters. The van der Waals surface area contributed by atoms with Crippen molar-refractivity contribution in [1.82, 2.24) is 10.3 Å². The lowest BCUT2D eigenvalue weighted by Crippen LogP contribution is -2.41. The molecule has 6 heteroatoms. The minimum absolute atomic E-state index is 0.0785. The molecule has 1 aromatic heterocycles. The van der Waals surface area contributed by atoms with Crippen molar-refractivity contribution < 1.29 is 14.2 Å². The third-order valence-electron chi connectivity index (χ3n) is 3.80. The quantitative estimate of drug-likeness (QED) is 0.379. The second-order valence-corrected chi connectivity index (χ2v) is 6.19. The number of aromatic nitrogens is 1. The van der Waals surface area contributed by atoms with Crippen LogP contribution in [-0.2, 0) is 16.1 Å². The molecule has 0 radical (unpaired) electrons. The van der Waals surface area contributed by atoms with Crippen molar-refractivity contribution in [3.63, 3.8) is 0 Å². The van der Waals surface area contributed by atoms with Gasteiger partial charge in [0.05, 0.1) is 6.42 Å². The summed E-state index contributed by atoms with van der Waals surface area (Å²) in [4.78, 5) is 26.2. The van der Waals surface area contributed by atoms with Gasteiger partial charge in [0, 0.05) is 30.9 Å². The van der Waals surface area contributed by atoms with Crippen LogP contribution >= 0.6 is 0 Å². The lowest BCUT2D eigenvalue weighted by atomic mass is 10.2. The Morgan fingerprint density at radius 2 is 1.64 bits per heavy atom. The largest absolute Gasteiger partial charge is 0.342 e. The highest BCUT2D eigenvalue weighted by Gasteiger charge is 2.14. The van der Waals surface area contributed by atoms with Gasteiger partial charge in [-0.3, -0.25) is 9.59 Å². The Balaban J connectivity index is 2.48. The summed E-state index contributed by atoms with van der Waals surface area (Å²) in [6.07, 6.45) is 8.03. The Labute approximate surface area is 150 Å². The summed E-state index contributed by atoms with van der Waals surface area (Å²) in [7, 11) is 0. The van der Waals surface area contributed by atoms with Crippen LogP contribution < -0.4 is 9.99 Å². The van der Waals surface area contributed by atoms with Gasteiger partial charge in [-0.25, -0.2) is 5.43 Å².